The maximum atomic E-state index is 5.88. The van der Waals surface area contributed by atoms with E-state index in [0.717, 1.165) is 16.8 Å². The molecule has 0 aliphatic carbocycles. The zero-order chi connectivity index (χ0) is 12.3. The molecular formula is C13H15N3O. The van der Waals surface area contributed by atoms with Crippen LogP contribution in [0.1, 0.15) is 11.4 Å². The second-order valence-electron chi connectivity index (χ2n) is 3.80. The summed E-state index contributed by atoms with van der Waals surface area (Å²) in [6, 6.07) is 9.93. The quantitative estimate of drug-likeness (QED) is 0.876. The van der Waals surface area contributed by atoms with Crippen molar-refractivity contribution in [2.45, 2.75) is 13.5 Å². The smallest absolute Gasteiger partial charge is 0.157 e. The molecule has 2 N–H and O–H groups in total. The molecule has 4 heteroatoms. The van der Waals surface area contributed by atoms with E-state index in [4.69, 9.17) is 10.5 Å². The summed E-state index contributed by atoms with van der Waals surface area (Å²) < 4.78 is 5.03. The standard InChI is InChI=1S/C13H15N3O/c1-9-12(10-6-4-3-5-7-10)15-11(8-17-2)16-13(9)14/h3-7H,8H2,1-2H3,(H2,14,15,16). The molecule has 1 aromatic carbocycles. The molecule has 0 saturated carbocycles. The van der Waals surface area contributed by atoms with E-state index in [1.54, 1.807) is 7.11 Å². The van der Waals surface area contributed by atoms with Crippen molar-refractivity contribution < 1.29 is 4.74 Å². The summed E-state index contributed by atoms with van der Waals surface area (Å²) in [7, 11) is 1.61. The molecule has 0 aliphatic heterocycles. The highest BCUT2D eigenvalue weighted by Gasteiger charge is 2.10. The molecule has 0 amide bonds. The minimum Gasteiger partial charge on any atom is -0.383 e. The SMILES string of the molecule is COCc1nc(N)c(C)c(-c2ccccc2)n1. The van der Waals surface area contributed by atoms with Crippen LogP contribution in [0.25, 0.3) is 11.3 Å². The van der Waals surface area contributed by atoms with Gasteiger partial charge in [-0.2, -0.15) is 0 Å². The number of anilines is 1. The minimum absolute atomic E-state index is 0.365. The molecule has 0 fully saturated rings. The Balaban J connectivity index is 2.53. The van der Waals surface area contributed by atoms with Gasteiger partial charge in [-0.1, -0.05) is 30.3 Å². The Kier molecular flexibility index (Phi) is 3.35. The Labute approximate surface area is 100 Å². The predicted molar refractivity (Wildman–Crippen MR) is 67.3 cm³/mol. The summed E-state index contributed by atoms with van der Waals surface area (Å²) in [5.74, 6) is 1.11. The van der Waals surface area contributed by atoms with E-state index < -0.39 is 0 Å². The van der Waals surface area contributed by atoms with Crippen LogP contribution in [0, 0.1) is 6.92 Å². The lowest BCUT2D eigenvalue weighted by Crippen LogP contribution is -2.05. The average molecular weight is 229 g/mol. The summed E-state index contributed by atoms with van der Waals surface area (Å²) in [5, 5.41) is 0. The third-order valence-corrected chi connectivity index (χ3v) is 2.55. The topological polar surface area (TPSA) is 61.0 Å². The molecule has 0 spiro atoms. The van der Waals surface area contributed by atoms with Crippen LogP contribution in [0.4, 0.5) is 5.82 Å². The van der Waals surface area contributed by atoms with Crippen LogP contribution in [-0.2, 0) is 11.3 Å². The Hall–Kier alpha value is -1.94. The molecule has 0 unspecified atom stereocenters. The molecule has 2 aromatic rings. The molecule has 0 saturated heterocycles. The lowest BCUT2D eigenvalue weighted by molar-refractivity contribution is 0.178. The molecule has 1 aromatic heterocycles. The van der Waals surface area contributed by atoms with Gasteiger partial charge in [-0.05, 0) is 6.92 Å². The molecule has 1 heterocycles. The van der Waals surface area contributed by atoms with Gasteiger partial charge in [-0.3, -0.25) is 0 Å². The Morgan fingerprint density at radius 1 is 1.18 bits per heavy atom. The van der Waals surface area contributed by atoms with Crippen LogP contribution in [0.2, 0.25) is 0 Å². The highest BCUT2D eigenvalue weighted by Crippen LogP contribution is 2.23. The monoisotopic (exact) mass is 229 g/mol. The van der Waals surface area contributed by atoms with Gasteiger partial charge in [0.15, 0.2) is 5.82 Å². The number of hydrogen-bond acceptors (Lipinski definition) is 4. The molecule has 0 radical (unpaired) electrons. The number of nitrogens with two attached hydrogens (primary N) is 1. The molecule has 2 rings (SSSR count). The van der Waals surface area contributed by atoms with Gasteiger partial charge in [0.1, 0.15) is 12.4 Å². The number of rotatable bonds is 3. The van der Waals surface area contributed by atoms with Gasteiger partial charge < -0.3 is 10.5 Å². The summed E-state index contributed by atoms with van der Waals surface area (Å²) in [6.45, 7) is 2.29. The molecule has 0 atom stereocenters. The van der Waals surface area contributed by atoms with Crippen molar-refractivity contribution in [3.8, 4) is 11.3 Å². The molecule has 4 nitrogen and oxygen atoms in total. The van der Waals surface area contributed by atoms with Crippen LogP contribution >= 0.6 is 0 Å². The number of ether oxygens (including phenoxy) is 1. The van der Waals surface area contributed by atoms with E-state index in [-0.39, 0.29) is 0 Å². The Morgan fingerprint density at radius 2 is 1.88 bits per heavy atom. The molecule has 0 aliphatic rings. The molecule has 88 valence electrons. The molecular weight excluding hydrogens is 214 g/mol. The number of benzene rings is 1. The first-order valence-electron chi connectivity index (χ1n) is 5.39. The summed E-state index contributed by atoms with van der Waals surface area (Å²) in [5.41, 5.74) is 8.69. The van der Waals surface area contributed by atoms with Crippen molar-refractivity contribution in [2.75, 3.05) is 12.8 Å². The van der Waals surface area contributed by atoms with E-state index in [2.05, 4.69) is 9.97 Å². The fourth-order valence-electron chi connectivity index (χ4n) is 1.65. The van der Waals surface area contributed by atoms with Gasteiger partial charge >= 0.3 is 0 Å². The number of methoxy groups -OCH3 is 1. The van der Waals surface area contributed by atoms with E-state index >= 15 is 0 Å². The highest BCUT2D eigenvalue weighted by atomic mass is 16.5. The van der Waals surface area contributed by atoms with E-state index in [9.17, 15) is 0 Å². The Bertz CT molecular complexity index is 512. The van der Waals surface area contributed by atoms with Crippen molar-refractivity contribution in [1.82, 2.24) is 9.97 Å². The largest absolute Gasteiger partial charge is 0.383 e. The van der Waals surface area contributed by atoms with Gasteiger partial charge in [0.25, 0.3) is 0 Å². The van der Waals surface area contributed by atoms with Gasteiger partial charge in [0.2, 0.25) is 0 Å². The van der Waals surface area contributed by atoms with Crippen molar-refractivity contribution in [1.29, 1.82) is 0 Å². The average Bonchev–Trinajstić information content (AvgIpc) is 2.35. The first kappa shape index (κ1) is 11.5. The lowest BCUT2D eigenvalue weighted by Gasteiger charge is -2.09. The first-order valence-corrected chi connectivity index (χ1v) is 5.39. The normalized spacial score (nSPS) is 10.5. The predicted octanol–water partition coefficient (Wildman–Crippen LogP) is 2.18. The minimum atomic E-state index is 0.365. The highest BCUT2D eigenvalue weighted by molar-refractivity contribution is 5.67. The number of nitrogen functional groups attached to an aromatic ring is 1. The third kappa shape index (κ3) is 2.42. The third-order valence-electron chi connectivity index (χ3n) is 2.55. The molecule has 17 heavy (non-hydrogen) atoms. The van der Waals surface area contributed by atoms with Crippen LogP contribution < -0.4 is 5.73 Å². The van der Waals surface area contributed by atoms with Gasteiger partial charge in [-0.15, -0.1) is 0 Å². The van der Waals surface area contributed by atoms with Crippen LogP contribution in [-0.4, -0.2) is 17.1 Å². The Morgan fingerprint density at radius 3 is 2.53 bits per heavy atom. The van der Waals surface area contributed by atoms with Crippen LogP contribution in [0.15, 0.2) is 30.3 Å². The van der Waals surface area contributed by atoms with Gasteiger partial charge in [-0.25, -0.2) is 9.97 Å². The van der Waals surface area contributed by atoms with E-state index in [1.807, 2.05) is 37.3 Å². The van der Waals surface area contributed by atoms with Gasteiger partial charge in [0.05, 0.1) is 5.69 Å². The summed E-state index contributed by atoms with van der Waals surface area (Å²) in [4.78, 5) is 8.67. The summed E-state index contributed by atoms with van der Waals surface area (Å²) >= 11 is 0. The maximum absolute atomic E-state index is 5.88. The van der Waals surface area contributed by atoms with Crippen molar-refractivity contribution in [2.24, 2.45) is 0 Å². The number of aromatic nitrogens is 2. The molecule has 0 bridgehead atoms. The van der Waals surface area contributed by atoms with Gasteiger partial charge in [0, 0.05) is 18.2 Å². The zero-order valence-electron chi connectivity index (χ0n) is 9.97. The van der Waals surface area contributed by atoms with Crippen molar-refractivity contribution in [3.63, 3.8) is 0 Å². The zero-order valence-corrected chi connectivity index (χ0v) is 9.97. The van der Waals surface area contributed by atoms with E-state index in [0.29, 0.717) is 18.2 Å². The number of nitrogens with zero attached hydrogens (tertiary/aromatic N) is 2. The fraction of sp³-hybridized carbons (Fsp3) is 0.231. The first-order chi connectivity index (χ1) is 8.22. The lowest BCUT2D eigenvalue weighted by atomic mass is 10.1. The van der Waals surface area contributed by atoms with Crippen molar-refractivity contribution >= 4 is 5.82 Å². The maximum Gasteiger partial charge on any atom is 0.157 e. The van der Waals surface area contributed by atoms with Crippen LogP contribution in [0.5, 0.6) is 0 Å². The number of hydrogen-bond donors (Lipinski definition) is 1. The summed E-state index contributed by atoms with van der Waals surface area (Å²) in [6.07, 6.45) is 0. The van der Waals surface area contributed by atoms with Crippen molar-refractivity contribution in [3.05, 3.63) is 41.7 Å². The second-order valence-corrected chi connectivity index (χ2v) is 3.80. The van der Waals surface area contributed by atoms with Crippen LogP contribution in [0.3, 0.4) is 0 Å². The second kappa shape index (κ2) is 4.93. The fourth-order valence-corrected chi connectivity index (χ4v) is 1.65. The van der Waals surface area contributed by atoms with E-state index in [1.165, 1.54) is 0 Å².